The maximum Gasteiger partial charge on any atom is 0.348 e. The van der Waals surface area contributed by atoms with Crippen LogP contribution in [-0.4, -0.2) is 13.4 Å². The summed E-state index contributed by atoms with van der Waals surface area (Å²) in [7, 11) is 2.09. The first-order valence-corrected chi connectivity index (χ1v) is 14.6. The lowest BCUT2D eigenvalue weighted by molar-refractivity contribution is -0.270. The average Bonchev–Trinajstić information content (AvgIpc) is 3.24. The van der Waals surface area contributed by atoms with Crippen LogP contribution in [0.25, 0.3) is 10.8 Å². The standard InChI is InChI=1S/C36H42N2O2/c1-21(2)25-16-12-17-26(22(3)4)31(25)37-20-38(9,33-27(23(5)6)18-13-19-28(33)24(7)8)34-32(37)35(39)29-14-10-11-15-30(29)36(34)40/h10-24H,1-9H3. The second-order valence-electron chi connectivity index (χ2n) is 12.7. The average molecular weight is 535 g/mol. The van der Waals surface area contributed by atoms with Gasteiger partial charge in [-0.25, -0.2) is 0 Å². The molecule has 1 heterocycles. The van der Waals surface area contributed by atoms with Gasteiger partial charge in [-0.1, -0.05) is 116 Å². The highest BCUT2D eigenvalue weighted by molar-refractivity contribution is 6.11. The van der Waals surface area contributed by atoms with Gasteiger partial charge >= 0.3 is 6.34 Å². The molecule has 4 heteroatoms. The van der Waals surface area contributed by atoms with E-state index in [4.69, 9.17) is 0 Å². The van der Waals surface area contributed by atoms with Crippen molar-refractivity contribution in [1.82, 2.24) is 9.06 Å². The van der Waals surface area contributed by atoms with Crippen molar-refractivity contribution in [3.05, 3.63) is 82.9 Å². The van der Waals surface area contributed by atoms with Gasteiger partial charge in [0.15, 0.2) is 5.69 Å². The van der Waals surface area contributed by atoms with Gasteiger partial charge in [-0.3, -0.25) is 0 Å². The maximum atomic E-state index is 14.5. The van der Waals surface area contributed by atoms with Crippen LogP contribution >= 0.6 is 0 Å². The Labute approximate surface area is 239 Å². The summed E-state index contributed by atoms with van der Waals surface area (Å²) in [5, 5.41) is 30.0. The fraction of sp³-hybridized carbons (Fsp3) is 0.361. The molecule has 0 saturated carbocycles. The van der Waals surface area contributed by atoms with E-state index in [0.29, 0.717) is 22.1 Å². The largest absolute Gasteiger partial charge is 0.868 e. The zero-order valence-corrected chi connectivity index (χ0v) is 25.4. The van der Waals surface area contributed by atoms with Crippen molar-refractivity contribution < 1.29 is 10.2 Å². The van der Waals surface area contributed by atoms with Gasteiger partial charge in [0.05, 0.1) is 7.05 Å². The Balaban J connectivity index is 2.03. The van der Waals surface area contributed by atoms with E-state index in [1.165, 1.54) is 22.3 Å². The number of hydrogen-bond donors (Lipinski definition) is 0. The van der Waals surface area contributed by atoms with Crippen molar-refractivity contribution in [2.75, 3.05) is 7.05 Å². The van der Waals surface area contributed by atoms with Gasteiger partial charge in [0.2, 0.25) is 11.4 Å². The Morgan fingerprint density at radius 3 is 1.40 bits per heavy atom. The van der Waals surface area contributed by atoms with E-state index in [1.54, 1.807) is 12.1 Å². The molecule has 0 bridgehead atoms. The first-order chi connectivity index (χ1) is 18.9. The molecule has 208 valence electrons. The monoisotopic (exact) mass is 534 g/mol. The van der Waals surface area contributed by atoms with Crippen molar-refractivity contribution in [2.45, 2.75) is 79.1 Å². The molecule has 0 amide bonds. The van der Waals surface area contributed by atoms with Crippen LogP contribution in [0.1, 0.15) is 101 Å². The molecule has 0 aromatic heterocycles. The lowest BCUT2D eigenvalue weighted by Crippen LogP contribution is -2.40. The molecule has 1 aliphatic rings. The van der Waals surface area contributed by atoms with E-state index in [1.807, 2.05) is 12.1 Å². The van der Waals surface area contributed by atoms with E-state index in [2.05, 4.69) is 110 Å². The number of benzene rings is 4. The summed E-state index contributed by atoms with van der Waals surface area (Å²) in [6, 6.07) is 20.2. The second-order valence-corrected chi connectivity index (χ2v) is 12.7. The fourth-order valence-electron chi connectivity index (χ4n) is 6.53. The molecule has 0 N–H and O–H groups in total. The third-order valence-electron chi connectivity index (χ3n) is 8.51. The minimum absolute atomic E-state index is 0.0761. The third-order valence-corrected chi connectivity index (χ3v) is 8.51. The summed E-state index contributed by atoms with van der Waals surface area (Å²) in [6.07, 6.45) is 2.13. The second kappa shape index (κ2) is 10.1. The number of nitrogens with zero attached hydrogens (tertiary/aromatic N) is 2. The zero-order chi connectivity index (χ0) is 29.1. The molecular formula is C36H42N2O2. The number of hydrogen-bond acceptors (Lipinski definition) is 2. The molecule has 0 fully saturated rings. The van der Waals surface area contributed by atoms with Gasteiger partial charge in [0, 0.05) is 22.3 Å². The highest BCUT2D eigenvalue weighted by Gasteiger charge is 2.50. The van der Waals surface area contributed by atoms with E-state index in [0.717, 1.165) is 11.4 Å². The Morgan fingerprint density at radius 2 is 0.950 bits per heavy atom. The summed E-state index contributed by atoms with van der Waals surface area (Å²) in [5.41, 5.74) is 7.86. The van der Waals surface area contributed by atoms with E-state index in [9.17, 15) is 10.2 Å². The lowest BCUT2D eigenvalue weighted by Gasteiger charge is -2.32. The van der Waals surface area contributed by atoms with Gasteiger partial charge in [-0.2, -0.15) is 4.48 Å². The van der Waals surface area contributed by atoms with Gasteiger partial charge in [-0.05, 0) is 45.9 Å². The van der Waals surface area contributed by atoms with Crippen LogP contribution in [0.2, 0.25) is 0 Å². The van der Waals surface area contributed by atoms with Crippen molar-refractivity contribution in [2.24, 2.45) is 0 Å². The van der Waals surface area contributed by atoms with Crippen LogP contribution < -0.4 is 19.3 Å². The molecular weight excluding hydrogens is 492 g/mol. The van der Waals surface area contributed by atoms with Crippen LogP contribution in [0.3, 0.4) is 0 Å². The Hall–Kier alpha value is -3.63. The van der Waals surface area contributed by atoms with Crippen LogP contribution in [0.4, 0.5) is 22.7 Å². The number of quaternary nitrogens is 1. The van der Waals surface area contributed by atoms with Crippen LogP contribution in [0.15, 0.2) is 60.7 Å². The van der Waals surface area contributed by atoms with Gasteiger partial charge in [-0.15, -0.1) is 4.58 Å². The fourth-order valence-corrected chi connectivity index (χ4v) is 6.53. The molecule has 1 atom stereocenters. The molecule has 4 aromatic rings. The molecule has 0 saturated heterocycles. The van der Waals surface area contributed by atoms with E-state index >= 15 is 0 Å². The summed E-state index contributed by atoms with van der Waals surface area (Å²) in [6.45, 7) is 17.6. The smallest absolute Gasteiger partial charge is 0.348 e. The number of para-hydroxylation sites is 2. The molecule has 1 aliphatic heterocycles. The minimum atomic E-state index is -0.0929. The van der Waals surface area contributed by atoms with Crippen molar-refractivity contribution in [3.8, 4) is 11.5 Å². The predicted molar refractivity (Wildman–Crippen MR) is 167 cm³/mol. The Morgan fingerprint density at radius 1 is 0.525 bits per heavy atom. The Bertz CT molecular complexity index is 1590. The van der Waals surface area contributed by atoms with Crippen molar-refractivity contribution in [1.29, 1.82) is 0 Å². The first kappa shape index (κ1) is 27.9. The SMILES string of the molecule is CC(C)c1cccc(C(C)C)c1[N+]1=C[N+](C)(c2c(C(C)C)cccc2C(C)C)c2c1c([O-])c1ccccc1c2[O-]. The molecule has 0 aliphatic carbocycles. The van der Waals surface area contributed by atoms with Gasteiger partial charge in [0.1, 0.15) is 0 Å². The number of fused-ring (bicyclic) bond motifs is 2. The van der Waals surface area contributed by atoms with Crippen LogP contribution in [0, 0.1) is 0 Å². The topological polar surface area (TPSA) is 49.1 Å². The van der Waals surface area contributed by atoms with Gasteiger partial charge in [0.25, 0.3) is 5.69 Å². The lowest BCUT2D eigenvalue weighted by atomic mass is 9.90. The maximum absolute atomic E-state index is 14.5. The molecule has 1 unspecified atom stereocenters. The van der Waals surface area contributed by atoms with Crippen molar-refractivity contribution in [3.63, 3.8) is 0 Å². The highest BCUT2D eigenvalue weighted by atomic mass is 16.3. The molecule has 4 nitrogen and oxygen atoms in total. The van der Waals surface area contributed by atoms with Crippen molar-refractivity contribution >= 4 is 39.9 Å². The van der Waals surface area contributed by atoms with Crippen LogP contribution in [0.5, 0.6) is 11.5 Å². The van der Waals surface area contributed by atoms with Crippen LogP contribution in [-0.2, 0) is 0 Å². The van der Waals surface area contributed by atoms with E-state index in [-0.39, 0.29) is 39.7 Å². The summed E-state index contributed by atoms with van der Waals surface area (Å²) < 4.78 is 2.23. The summed E-state index contributed by atoms with van der Waals surface area (Å²) >= 11 is 0. The summed E-state index contributed by atoms with van der Waals surface area (Å²) in [5.74, 6) is 0.789. The van der Waals surface area contributed by atoms with Gasteiger partial charge < -0.3 is 10.2 Å². The first-order valence-electron chi connectivity index (χ1n) is 14.6. The quantitative estimate of drug-likeness (QED) is 0.184. The third kappa shape index (κ3) is 4.12. The molecule has 5 rings (SSSR count). The molecule has 4 aromatic carbocycles. The Kier molecular flexibility index (Phi) is 7.04. The highest BCUT2D eigenvalue weighted by Crippen LogP contribution is 2.58. The predicted octanol–water partition coefficient (Wildman–Crippen LogP) is 8.63. The normalized spacial score (nSPS) is 17.0. The molecule has 0 radical (unpaired) electrons. The number of rotatable bonds is 6. The minimum Gasteiger partial charge on any atom is -0.868 e. The summed E-state index contributed by atoms with van der Waals surface area (Å²) in [4.78, 5) is 0. The molecule has 0 spiro atoms. The molecule has 40 heavy (non-hydrogen) atoms. The zero-order valence-electron chi connectivity index (χ0n) is 25.4. The van der Waals surface area contributed by atoms with E-state index < -0.39 is 0 Å².